The molecule has 2 aliphatic rings. The average molecular weight is 470 g/mol. The molecule has 0 unspecified atom stereocenters. The monoisotopic (exact) mass is 469 g/mol. The van der Waals surface area contributed by atoms with Gasteiger partial charge in [-0.25, -0.2) is 0 Å². The van der Waals surface area contributed by atoms with E-state index < -0.39 is 0 Å². The van der Waals surface area contributed by atoms with Crippen LogP contribution in [-0.2, 0) is 0 Å². The number of rotatable bonds is 5. The van der Waals surface area contributed by atoms with E-state index in [9.17, 15) is 4.79 Å². The van der Waals surface area contributed by atoms with Gasteiger partial charge in [0.15, 0.2) is 5.78 Å². The highest BCUT2D eigenvalue weighted by Gasteiger charge is 2.23. The number of unbranched alkanes of at least 4 members (excludes halogenated alkanes) is 1. The third-order valence-electron chi connectivity index (χ3n) is 6.91. The Morgan fingerprint density at radius 3 is 2.06 bits per heavy atom. The van der Waals surface area contributed by atoms with Gasteiger partial charge in [0.2, 0.25) is 0 Å². The molecule has 34 heavy (non-hydrogen) atoms. The van der Waals surface area contributed by atoms with E-state index in [1.165, 1.54) is 39.1 Å². The molecule has 0 amide bonds. The van der Waals surface area contributed by atoms with Gasteiger partial charge in [-0.3, -0.25) is 4.79 Å². The van der Waals surface area contributed by atoms with Crippen molar-refractivity contribution in [1.82, 2.24) is 0 Å². The molecule has 3 aromatic carbocycles. The Labute approximate surface area is 209 Å². The third kappa shape index (κ3) is 4.88. The minimum atomic E-state index is 0. The summed E-state index contributed by atoms with van der Waals surface area (Å²) in [5.41, 5.74) is 10.2. The van der Waals surface area contributed by atoms with Crippen molar-refractivity contribution in [3.63, 3.8) is 0 Å². The number of carbonyl (C=O) groups is 1. The average Bonchev–Trinajstić information content (AvgIpc) is 3.04. The maximum absolute atomic E-state index is 12.5. The molecule has 5 rings (SSSR count). The minimum absolute atomic E-state index is 0. The molecule has 0 saturated carbocycles. The highest BCUT2D eigenvalue weighted by molar-refractivity contribution is 5.97. The molecule has 0 spiro atoms. The molecule has 0 aromatic heterocycles. The van der Waals surface area contributed by atoms with E-state index in [0.717, 1.165) is 44.3 Å². The van der Waals surface area contributed by atoms with E-state index in [1.807, 2.05) is 12.1 Å². The standard InChI is InChI=1S/C31H31NO.ClH/c1-2-3-15-30(33)26-11-8-12-27(22-26)32-20-18-25(19-21-32)31-28-13-6-4-9-23(28)16-17-24-10-5-7-14-29(24)31;/h4-14,16-17,22H,2-3,15,18-21H2,1H3;1H. The van der Waals surface area contributed by atoms with Gasteiger partial charge in [-0.05, 0) is 59.2 Å². The van der Waals surface area contributed by atoms with Gasteiger partial charge in [0.05, 0.1) is 0 Å². The summed E-state index contributed by atoms with van der Waals surface area (Å²) in [7, 11) is 0. The van der Waals surface area contributed by atoms with E-state index in [1.54, 1.807) is 0 Å². The van der Waals surface area contributed by atoms with Gasteiger partial charge in [-0.15, -0.1) is 12.4 Å². The van der Waals surface area contributed by atoms with Crippen molar-refractivity contribution >= 4 is 41.6 Å². The molecule has 0 atom stereocenters. The third-order valence-corrected chi connectivity index (χ3v) is 6.91. The number of hydrogen-bond acceptors (Lipinski definition) is 2. The van der Waals surface area contributed by atoms with Crippen molar-refractivity contribution in [2.75, 3.05) is 18.0 Å². The molecule has 0 radical (unpaired) electrons. The van der Waals surface area contributed by atoms with Crippen LogP contribution in [-0.4, -0.2) is 18.9 Å². The van der Waals surface area contributed by atoms with Gasteiger partial charge in [-0.2, -0.15) is 0 Å². The quantitative estimate of drug-likeness (QED) is 0.275. The number of halogens is 1. The van der Waals surface area contributed by atoms with Crippen LogP contribution in [0.15, 0.2) is 78.4 Å². The molecule has 3 aromatic rings. The SMILES string of the molecule is CCCCC(=O)c1cccc(N2CCC(=C3c4ccccc4C=Cc4ccccc43)CC2)c1.Cl. The van der Waals surface area contributed by atoms with E-state index in [2.05, 4.69) is 84.6 Å². The number of nitrogens with zero attached hydrogens (tertiary/aromatic N) is 1. The zero-order valence-corrected chi connectivity index (χ0v) is 20.6. The fourth-order valence-electron chi connectivity index (χ4n) is 5.09. The van der Waals surface area contributed by atoms with Gasteiger partial charge in [-0.1, -0.05) is 91.7 Å². The number of hydrogen-bond donors (Lipinski definition) is 0. The Morgan fingerprint density at radius 1 is 0.824 bits per heavy atom. The predicted molar refractivity (Wildman–Crippen MR) is 147 cm³/mol. The Kier molecular flexibility index (Phi) is 7.70. The van der Waals surface area contributed by atoms with E-state index >= 15 is 0 Å². The molecule has 0 N–H and O–H groups in total. The van der Waals surface area contributed by atoms with Crippen LogP contribution in [0.1, 0.15) is 71.6 Å². The first kappa shape index (κ1) is 24.0. The number of carbonyl (C=O) groups excluding carboxylic acids is 1. The number of fused-ring (bicyclic) bond motifs is 2. The van der Waals surface area contributed by atoms with Crippen molar-refractivity contribution in [3.05, 3.63) is 106 Å². The topological polar surface area (TPSA) is 20.3 Å². The normalized spacial score (nSPS) is 14.7. The van der Waals surface area contributed by atoms with Crippen molar-refractivity contribution < 1.29 is 4.79 Å². The van der Waals surface area contributed by atoms with Crippen LogP contribution in [0.2, 0.25) is 0 Å². The molecule has 1 aliphatic carbocycles. The Bertz CT molecular complexity index is 1180. The van der Waals surface area contributed by atoms with Crippen LogP contribution in [0.4, 0.5) is 5.69 Å². The second-order valence-electron chi connectivity index (χ2n) is 9.05. The van der Waals surface area contributed by atoms with Gasteiger partial charge >= 0.3 is 0 Å². The van der Waals surface area contributed by atoms with Gasteiger partial charge in [0, 0.05) is 30.8 Å². The molecule has 0 bridgehead atoms. The van der Waals surface area contributed by atoms with Crippen LogP contribution >= 0.6 is 12.4 Å². The van der Waals surface area contributed by atoms with Gasteiger partial charge in [0.25, 0.3) is 0 Å². The predicted octanol–water partition coefficient (Wildman–Crippen LogP) is 8.07. The number of ketones is 1. The van der Waals surface area contributed by atoms with E-state index in [4.69, 9.17) is 0 Å². The summed E-state index contributed by atoms with van der Waals surface area (Å²) in [4.78, 5) is 15.0. The van der Waals surface area contributed by atoms with Gasteiger partial charge < -0.3 is 4.90 Å². The fourth-order valence-corrected chi connectivity index (χ4v) is 5.09. The summed E-state index contributed by atoms with van der Waals surface area (Å²) in [5.74, 6) is 0.262. The zero-order chi connectivity index (χ0) is 22.6. The van der Waals surface area contributed by atoms with Crippen LogP contribution in [0.25, 0.3) is 17.7 Å². The molecule has 1 saturated heterocycles. The van der Waals surface area contributed by atoms with Crippen LogP contribution in [0.3, 0.4) is 0 Å². The first-order valence-electron chi connectivity index (χ1n) is 12.2. The summed E-state index contributed by atoms with van der Waals surface area (Å²) in [6, 6.07) is 25.8. The van der Waals surface area contributed by atoms with Crippen LogP contribution < -0.4 is 4.90 Å². The van der Waals surface area contributed by atoms with E-state index in [0.29, 0.717) is 6.42 Å². The van der Waals surface area contributed by atoms with Crippen LogP contribution in [0, 0.1) is 0 Å². The van der Waals surface area contributed by atoms with Crippen molar-refractivity contribution in [1.29, 1.82) is 0 Å². The lowest BCUT2D eigenvalue weighted by Crippen LogP contribution is -2.31. The second-order valence-corrected chi connectivity index (χ2v) is 9.05. The molecule has 174 valence electrons. The smallest absolute Gasteiger partial charge is 0.162 e. The first-order valence-corrected chi connectivity index (χ1v) is 12.2. The maximum atomic E-state index is 12.5. The molecular formula is C31H32ClNO. The molecule has 1 heterocycles. The summed E-state index contributed by atoms with van der Waals surface area (Å²) >= 11 is 0. The highest BCUT2D eigenvalue weighted by atomic mass is 35.5. The lowest BCUT2D eigenvalue weighted by molar-refractivity contribution is 0.0980. The molecular weight excluding hydrogens is 438 g/mol. The maximum Gasteiger partial charge on any atom is 0.162 e. The van der Waals surface area contributed by atoms with Crippen molar-refractivity contribution in [2.24, 2.45) is 0 Å². The first-order chi connectivity index (χ1) is 16.2. The Morgan fingerprint density at radius 2 is 1.44 bits per heavy atom. The molecule has 1 aliphatic heterocycles. The second kappa shape index (κ2) is 10.9. The van der Waals surface area contributed by atoms with Gasteiger partial charge in [0.1, 0.15) is 0 Å². The Balaban J connectivity index is 0.00000274. The largest absolute Gasteiger partial charge is 0.371 e. The lowest BCUT2D eigenvalue weighted by atomic mass is 9.86. The van der Waals surface area contributed by atoms with E-state index in [-0.39, 0.29) is 18.2 Å². The summed E-state index contributed by atoms with van der Waals surface area (Å²) < 4.78 is 0. The summed E-state index contributed by atoms with van der Waals surface area (Å²) in [6.45, 7) is 4.08. The molecule has 2 nitrogen and oxygen atoms in total. The van der Waals surface area contributed by atoms with Crippen molar-refractivity contribution in [3.8, 4) is 0 Å². The summed E-state index contributed by atoms with van der Waals surface area (Å²) in [6.07, 6.45) is 9.22. The number of anilines is 1. The van der Waals surface area contributed by atoms with Crippen molar-refractivity contribution in [2.45, 2.75) is 39.0 Å². The fraction of sp³-hybridized carbons (Fsp3) is 0.258. The lowest BCUT2D eigenvalue weighted by Gasteiger charge is -2.32. The zero-order valence-electron chi connectivity index (χ0n) is 19.8. The highest BCUT2D eigenvalue weighted by Crippen LogP contribution is 2.39. The summed E-state index contributed by atoms with van der Waals surface area (Å²) in [5, 5.41) is 0. The minimum Gasteiger partial charge on any atom is -0.371 e. The Hall–Kier alpha value is -3.10. The number of piperidine rings is 1. The van der Waals surface area contributed by atoms with Crippen LogP contribution in [0.5, 0.6) is 0 Å². The molecule has 1 fully saturated rings. The molecule has 3 heteroatoms. The number of benzene rings is 3. The number of Topliss-reactive ketones (excluding diaryl/α,β-unsaturated/α-hetero) is 1.